The fraction of sp³-hybridized carbons (Fsp3) is 0.519. The zero-order valence-electron chi connectivity index (χ0n) is 23.3. The number of methoxy groups -OCH3 is 1. The molecule has 0 bridgehead atoms. The van der Waals surface area contributed by atoms with Crippen molar-refractivity contribution in [1.82, 2.24) is 15.2 Å². The number of aromatic nitrogens is 1. The van der Waals surface area contributed by atoms with E-state index in [1.165, 1.54) is 11.3 Å². The highest BCUT2D eigenvalue weighted by Gasteiger charge is 2.38. The molecule has 2 unspecified atom stereocenters. The maximum atomic E-state index is 11.9. The molecule has 0 saturated carbocycles. The van der Waals surface area contributed by atoms with Crippen LogP contribution in [0.5, 0.6) is 0 Å². The second kappa shape index (κ2) is 15.2. The van der Waals surface area contributed by atoms with Crippen LogP contribution < -0.4 is 11.1 Å². The highest BCUT2D eigenvalue weighted by atomic mass is 32.1. The first-order chi connectivity index (χ1) is 18.6. The number of hydrogen-bond acceptors (Lipinski definition) is 7. The molecule has 0 aromatic carbocycles. The predicted molar refractivity (Wildman–Crippen MR) is 146 cm³/mol. The van der Waals surface area contributed by atoms with Gasteiger partial charge in [-0.3, -0.25) is 19.4 Å². The molecule has 3 atom stereocenters. The van der Waals surface area contributed by atoms with Crippen LogP contribution in [0.1, 0.15) is 58.2 Å². The summed E-state index contributed by atoms with van der Waals surface area (Å²) in [7, 11) is 1.65. The van der Waals surface area contributed by atoms with Crippen molar-refractivity contribution in [3.05, 3.63) is 28.9 Å². The Morgan fingerprint density at radius 1 is 1.40 bits per heavy atom. The quantitative estimate of drug-likeness (QED) is 0.392. The Hall–Kier alpha value is -3.68. The van der Waals surface area contributed by atoms with Crippen molar-refractivity contribution in [3.63, 3.8) is 0 Å². The van der Waals surface area contributed by atoms with Crippen molar-refractivity contribution in [2.45, 2.75) is 59.4 Å². The summed E-state index contributed by atoms with van der Waals surface area (Å²) >= 11 is 1.52. The second-order valence-electron chi connectivity index (χ2n) is 9.75. The number of alkyl halides is 3. The van der Waals surface area contributed by atoms with Gasteiger partial charge in [0, 0.05) is 54.5 Å². The van der Waals surface area contributed by atoms with Gasteiger partial charge in [-0.2, -0.15) is 18.4 Å². The lowest BCUT2D eigenvalue weighted by Gasteiger charge is -2.22. The predicted octanol–water partition coefficient (Wildman–Crippen LogP) is 3.93. The summed E-state index contributed by atoms with van der Waals surface area (Å²) in [4.78, 5) is 37.6. The van der Waals surface area contributed by atoms with Crippen LogP contribution in [0.2, 0.25) is 0 Å². The van der Waals surface area contributed by atoms with Crippen LogP contribution in [0.4, 0.5) is 13.2 Å². The Bertz CT molecular complexity index is 1280. The number of nitriles is 1. The third-order valence-corrected chi connectivity index (χ3v) is 7.29. The molecule has 0 radical (unpaired) electrons. The lowest BCUT2D eigenvalue weighted by molar-refractivity contribution is -0.169. The summed E-state index contributed by atoms with van der Waals surface area (Å²) in [5.74, 6) is 4.39. The number of ether oxygens (including phenoxy) is 1. The van der Waals surface area contributed by atoms with Gasteiger partial charge in [0.25, 0.3) is 0 Å². The minimum atomic E-state index is -4.86. The first kappa shape index (κ1) is 34.3. The Balaban J connectivity index is 0.000000329. The molecule has 3 N–H and O–H groups in total. The number of carbonyl (C=O) groups is 3. The molecule has 3 amide bonds. The number of halogens is 3. The van der Waals surface area contributed by atoms with Gasteiger partial charge in [0.05, 0.1) is 23.3 Å². The summed E-state index contributed by atoms with van der Waals surface area (Å²) in [5, 5.41) is 14.4. The topological polar surface area (TPSA) is 138 Å². The number of likely N-dealkylation sites (tertiary alicyclic amines) is 1. The fourth-order valence-electron chi connectivity index (χ4n) is 3.66. The van der Waals surface area contributed by atoms with E-state index in [-0.39, 0.29) is 17.4 Å². The SMILES string of the molecule is CC#Cc1csc2cncc(C(C#N)NC=O)c12.CO[C@H](C)CC(=O)N1CC(C)C(C)(C)C1.NC(=O)C(F)(F)F. The molecule has 1 aliphatic rings. The number of carbonyl (C=O) groups excluding carboxylic acids is 3. The van der Waals surface area contributed by atoms with Crippen LogP contribution in [0.25, 0.3) is 10.1 Å². The van der Waals surface area contributed by atoms with Crippen molar-refractivity contribution in [3.8, 4) is 17.9 Å². The molecular formula is C27H34F3N5O4S. The lowest BCUT2D eigenvalue weighted by atomic mass is 9.84. The number of nitrogens with one attached hydrogen (secondary N) is 1. The summed E-state index contributed by atoms with van der Waals surface area (Å²) in [6, 6.07) is 1.34. The average Bonchev–Trinajstić information content (AvgIpc) is 3.42. The van der Waals surface area contributed by atoms with E-state index >= 15 is 0 Å². The van der Waals surface area contributed by atoms with Crippen molar-refractivity contribution in [1.29, 1.82) is 5.26 Å². The molecule has 2 aromatic rings. The summed E-state index contributed by atoms with van der Waals surface area (Å²) in [6.45, 7) is 12.1. The molecule has 1 aliphatic heterocycles. The van der Waals surface area contributed by atoms with Gasteiger partial charge >= 0.3 is 12.1 Å². The fourth-order valence-corrected chi connectivity index (χ4v) is 4.55. The molecule has 3 rings (SSSR count). The molecule has 40 heavy (non-hydrogen) atoms. The van der Waals surface area contributed by atoms with Gasteiger partial charge in [-0.15, -0.1) is 17.3 Å². The minimum Gasteiger partial charge on any atom is -0.381 e. The maximum Gasteiger partial charge on any atom is 0.470 e. The number of thiophene rings is 1. The summed E-state index contributed by atoms with van der Waals surface area (Å²) < 4.78 is 38.2. The second-order valence-corrected chi connectivity index (χ2v) is 10.7. The largest absolute Gasteiger partial charge is 0.470 e. The van der Waals surface area contributed by atoms with Gasteiger partial charge in [-0.1, -0.05) is 26.7 Å². The van der Waals surface area contributed by atoms with Crippen LogP contribution in [0, 0.1) is 34.5 Å². The Labute approximate surface area is 235 Å². The van der Waals surface area contributed by atoms with Crippen LogP contribution in [-0.2, 0) is 19.1 Å². The third-order valence-electron chi connectivity index (χ3n) is 6.37. The van der Waals surface area contributed by atoms with Gasteiger partial charge in [0.1, 0.15) is 6.04 Å². The van der Waals surface area contributed by atoms with E-state index < -0.39 is 18.1 Å². The number of hydrogen-bond donors (Lipinski definition) is 2. The zero-order valence-corrected chi connectivity index (χ0v) is 24.1. The van der Waals surface area contributed by atoms with Gasteiger partial charge < -0.3 is 20.7 Å². The molecular weight excluding hydrogens is 547 g/mol. The monoisotopic (exact) mass is 581 g/mol. The van der Waals surface area contributed by atoms with Gasteiger partial charge in [-0.25, -0.2) is 0 Å². The smallest absolute Gasteiger partial charge is 0.381 e. The molecule has 218 valence electrons. The molecule has 13 heteroatoms. The highest BCUT2D eigenvalue weighted by molar-refractivity contribution is 7.17. The van der Waals surface area contributed by atoms with Gasteiger partial charge in [0.2, 0.25) is 12.3 Å². The number of pyridine rings is 1. The van der Waals surface area contributed by atoms with Crippen LogP contribution in [-0.4, -0.2) is 60.6 Å². The zero-order chi connectivity index (χ0) is 30.7. The number of fused-ring (bicyclic) bond motifs is 1. The van der Waals surface area contributed by atoms with Crippen LogP contribution >= 0.6 is 11.3 Å². The summed E-state index contributed by atoms with van der Waals surface area (Å²) in [5.41, 5.74) is 5.61. The number of nitrogens with two attached hydrogens (primary N) is 1. The molecule has 0 spiro atoms. The standard InChI is InChI=1S/C13H9N3OS.C12H23NO2.C2H2F3NO/c1-2-3-9-7-18-12-6-15-5-10(13(9)12)11(4-14)16-8-17;1-9-7-13(8-12(9,3)4)11(14)6-10(2)15-5;3-2(4,5)1(6)7/h5-8,11H,1H3,(H,16,17);9-10H,6-8H2,1-5H3;(H2,6,7)/t;9?,10-;/m.1./s1. The van der Waals surface area contributed by atoms with Gasteiger partial charge in [-0.05, 0) is 25.2 Å². The number of amides is 3. The first-order valence-corrected chi connectivity index (χ1v) is 13.0. The first-order valence-electron chi connectivity index (χ1n) is 12.2. The lowest BCUT2D eigenvalue weighted by Crippen LogP contribution is -2.32. The average molecular weight is 582 g/mol. The minimum absolute atomic E-state index is 0.0246. The van der Waals surface area contributed by atoms with E-state index in [1.807, 2.05) is 23.3 Å². The number of primary amides is 1. The summed E-state index contributed by atoms with van der Waals surface area (Å²) in [6.07, 6.45) is -0.486. The molecule has 9 nitrogen and oxygen atoms in total. The highest BCUT2D eigenvalue weighted by Crippen LogP contribution is 2.35. The van der Waals surface area contributed by atoms with Crippen LogP contribution in [0.15, 0.2) is 17.8 Å². The Morgan fingerprint density at radius 2 is 2.02 bits per heavy atom. The van der Waals surface area contributed by atoms with E-state index in [4.69, 9.17) is 14.8 Å². The maximum absolute atomic E-state index is 11.9. The van der Waals surface area contributed by atoms with E-state index in [2.05, 4.69) is 48.6 Å². The third kappa shape index (κ3) is 9.81. The molecule has 2 aromatic heterocycles. The number of rotatable bonds is 6. The van der Waals surface area contributed by atoms with E-state index in [1.54, 1.807) is 26.4 Å². The van der Waals surface area contributed by atoms with Gasteiger partial charge in [0.15, 0.2) is 0 Å². The molecule has 0 aliphatic carbocycles. The Morgan fingerprint density at radius 3 is 2.48 bits per heavy atom. The van der Waals surface area contributed by atoms with E-state index in [0.29, 0.717) is 24.3 Å². The molecule has 1 fully saturated rings. The van der Waals surface area contributed by atoms with E-state index in [0.717, 1.165) is 28.7 Å². The number of nitrogens with zero attached hydrogens (tertiary/aromatic N) is 3. The van der Waals surface area contributed by atoms with Crippen molar-refractivity contribution >= 4 is 39.6 Å². The normalized spacial score (nSPS) is 17.0. The Kier molecular flexibility index (Phi) is 13.1. The van der Waals surface area contributed by atoms with Crippen molar-refractivity contribution in [2.24, 2.45) is 17.1 Å². The molecule has 3 heterocycles. The molecule has 1 saturated heterocycles. The van der Waals surface area contributed by atoms with Crippen molar-refractivity contribution in [2.75, 3.05) is 20.2 Å². The van der Waals surface area contributed by atoms with Crippen molar-refractivity contribution < 1.29 is 32.3 Å². The van der Waals surface area contributed by atoms with E-state index in [9.17, 15) is 22.8 Å². The van der Waals surface area contributed by atoms with Crippen LogP contribution in [0.3, 0.4) is 0 Å².